The summed E-state index contributed by atoms with van der Waals surface area (Å²) in [5.41, 5.74) is 1.02. The van der Waals surface area contributed by atoms with E-state index in [-0.39, 0.29) is 35.8 Å². The molecule has 0 radical (unpaired) electrons. The Morgan fingerprint density at radius 3 is 2.19 bits per heavy atom. The first-order valence-electron chi connectivity index (χ1n) is 8.35. The number of nitrogens with one attached hydrogen (secondary N) is 1. The molecule has 8 heteroatoms. The zero-order chi connectivity index (χ0) is 19.4. The lowest BCUT2D eigenvalue weighted by atomic mass is 10.0. The van der Waals surface area contributed by atoms with Gasteiger partial charge < -0.3 is 10.1 Å². The van der Waals surface area contributed by atoms with Crippen LogP contribution in [0.15, 0.2) is 48.5 Å². The molecule has 1 atom stereocenters. The Balaban J connectivity index is 1.52. The molecular weight excluding hydrogens is 390 g/mol. The SMILES string of the molecule is O=C(COc1ccc(C(=O)c2ccc(Cl)cc2)cc1)N[C@@H]1CCS(=O)(=O)C1. The second-order valence-electron chi connectivity index (χ2n) is 6.32. The summed E-state index contributed by atoms with van der Waals surface area (Å²) < 4.78 is 28.2. The molecule has 1 amide bonds. The zero-order valence-electron chi connectivity index (χ0n) is 14.4. The van der Waals surface area contributed by atoms with Crippen LogP contribution in [-0.4, -0.2) is 44.3 Å². The lowest BCUT2D eigenvalue weighted by Gasteiger charge is -2.11. The van der Waals surface area contributed by atoms with Crippen LogP contribution in [0.25, 0.3) is 0 Å². The number of amides is 1. The summed E-state index contributed by atoms with van der Waals surface area (Å²) in [6.45, 7) is -0.221. The van der Waals surface area contributed by atoms with Gasteiger partial charge in [0.2, 0.25) is 0 Å². The van der Waals surface area contributed by atoms with Crippen molar-refractivity contribution in [2.24, 2.45) is 0 Å². The monoisotopic (exact) mass is 407 g/mol. The lowest BCUT2D eigenvalue weighted by molar-refractivity contribution is -0.123. The van der Waals surface area contributed by atoms with E-state index in [2.05, 4.69) is 5.32 Å². The Morgan fingerprint density at radius 1 is 1.04 bits per heavy atom. The van der Waals surface area contributed by atoms with Crippen LogP contribution in [-0.2, 0) is 14.6 Å². The summed E-state index contributed by atoms with van der Waals surface area (Å²) in [5.74, 6) is -0.00372. The first kappa shape index (κ1) is 19.4. The highest BCUT2D eigenvalue weighted by molar-refractivity contribution is 7.91. The van der Waals surface area contributed by atoms with Crippen molar-refractivity contribution in [2.45, 2.75) is 12.5 Å². The summed E-state index contributed by atoms with van der Waals surface area (Å²) in [4.78, 5) is 24.3. The van der Waals surface area contributed by atoms with E-state index in [9.17, 15) is 18.0 Å². The molecule has 6 nitrogen and oxygen atoms in total. The zero-order valence-corrected chi connectivity index (χ0v) is 15.9. The topological polar surface area (TPSA) is 89.5 Å². The molecule has 0 aromatic heterocycles. The number of hydrogen-bond donors (Lipinski definition) is 1. The van der Waals surface area contributed by atoms with Gasteiger partial charge >= 0.3 is 0 Å². The third kappa shape index (κ3) is 5.30. The van der Waals surface area contributed by atoms with Crippen LogP contribution >= 0.6 is 11.6 Å². The molecule has 2 aromatic carbocycles. The maximum Gasteiger partial charge on any atom is 0.258 e. The average Bonchev–Trinajstić information content (AvgIpc) is 2.99. The summed E-state index contributed by atoms with van der Waals surface area (Å²) in [7, 11) is -3.04. The molecule has 1 saturated heterocycles. The number of hydrogen-bond acceptors (Lipinski definition) is 5. The van der Waals surface area contributed by atoms with Crippen molar-refractivity contribution in [1.82, 2.24) is 5.32 Å². The van der Waals surface area contributed by atoms with Crippen LogP contribution in [0.1, 0.15) is 22.3 Å². The summed E-state index contributed by atoms with van der Waals surface area (Å²) in [6, 6.07) is 12.7. The highest BCUT2D eigenvalue weighted by atomic mass is 35.5. The predicted molar refractivity (Wildman–Crippen MR) is 102 cm³/mol. The minimum atomic E-state index is -3.04. The van der Waals surface area contributed by atoms with Gasteiger partial charge in [-0.05, 0) is 55.0 Å². The van der Waals surface area contributed by atoms with Crippen molar-refractivity contribution in [3.63, 3.8) is 0 Å². The van der Waals surface area contributed by atoms with Crippen molar-refractivity contribution in [3.8, 4) is 5.75 Å². The Morgan fingerprint density at radius 2 is 1.63 bits per heavy atom. The van der Waals surface area contributed by atoms with E-state index in [0.29, 0.717) is 28.3 Å². The smallest absolute Gasteiger partial charge is 0.258 e. The Bertz CT molecular complexity index is 939. The molecule has 2 aromatic rings. The normalized spacial score (nSPS) is 18.0. The van der Waals surface area contributed by atoms with Crippen LogP contribution in [0, 0.1) is 0 Å². The predicted octanol–water partition coefficient (Wildman–Crippen LogP) is 2.25. The van der Waals surface area contributed by atoms with Crippen molar-refractivity contribution in [1.29, 1.82) is 0 Å². The average molecular weight is 408 g/mol. The van der Waals surface area contributed by atoms with Gasteiger partial charge in [-0.2, -0.15) is 0 Å². The molecule has 1 fully saturated rings. The fraction of sp³-hybridized carbons (Fsp3) is 0.263. The van der Waals surface area contributed by atoms with Crippen LogP contribution in [0.3, 0.4) is 0 Å². The van der Waals surface area contributed by atoms with Gasteiger partial charge in [-0.25, -0.2) is 8.42 Å². The van der Waals surface area contributed by atoms with Crippen molar-refractivity contribution in [2.75, 3.05) is 18.1 Å². The van der Waals surface area contributed by atoms with Gasteiger partial charge in [-0.1, -0.05) is 11.6 Å². The van der Waals surface area contributed by atoms with E-state index >= 15 is 0 Å². The van der Waals surface area contributed by atoms with E-state index in [1.807, 2.05) is 0 Å². The third-order valence-electron chi connectivity index (χ3n) is 4.19. The Labute approximate surface area is 162 Å². The first-order valence-corrected chi connectivity index (χ1v) is 10.6. The summed E-state index contributed by atoms with van der Waals surface area (Å²) in [6.07, 6.45) is 0.426. The summed E-state index contributed by atoms with van der Waals surface area (Å²) >= 11 is 5.82. The molecule has 0 saturated carbocycles. The number of halogens is 1. The Hall–Kier alpha value is -2.38. The lowest BCUT2D eigenvalue weighted by Crippen LogP contribution is -2.38. The minimum Gasteiger partial charge on any atom is -0.484 e. The van der Waals surface area contributed by atoms with E-state index in [1.165, 1.54) is 0 Å². The quantitative estimate of drug-likeness (QED) is 0.742. The van der Waals surface area contributed by atoms with Crippen LogP contribution in [0.2, 0.25) is 5.02 Å². The van der Waals surface area contributed by atoms with Gasteiger partial charge in [0.25, 0.3) is 5.91 Å². The van der Waals surface area contributed by atoms with E-state index < -0.39 is 9.84 Å². The second kappa shape index (κ2) is 8.10. The fourth-order valence-corrected chi connectivity index (χ4v) is 4.60. The van der Waals surface area contributed by atoms with Crippen LogP contribution in [0.4, 0.5) is 0 Å². The molecule has 0 aliphatic carbocycles. The largest absolute Gasteiger partial charge is 0.484 e. The van der Waals surface area contributed by atoms with Crippen LogP contribution in [0.5, 0.6) is 5.75 Å². The van der Waals surface area contributed by atoms with E-state index in [0.717, 1.165) is 0 Å². The van der Waals surface area contributed by atoms with Crippen molar-refractivity contribution >= 4 is 33.1 Å². The van der Waals surface area contributed by atoms with Gasteiger partial charge in [0.05, 0.1) is 11.5 Å². The molecule has 1 aliphatic heterocycles. The Kier molecular flexibility index (Phi) is 5.82. The molecule has 0 unspecified atom stereocenters. The third-order valence-corrected chi connectivity index (χ3v) is 6.21. The number of benzene rings is 2. The van der Waals surface area contributed by atoms with E-state index in [1.54, 1.807) is 48.5 Å². The van der Waals surface area contributed by atoms with Gasteiger partial charge in [-0.3, -0.25) is 9.59 Å². The molecule has 1 N–H and O–H groups in total. The molecule has 1 aliphatic rings. The van der Waals surface area contributed by atoms with Gasteiger partial charge in [0, 0.05) is 22.2 Å². The first-order chi connectivity index (χ1) is 12.8. The van der Waals surface area contributed by atoms with Crippen molar-refractivity contribution in [3.05, 3.63) is 64.7 Å². The highest BCUT2D eigenvalue weighted by Gasteiger charge is 2.28. The maximum atomic E-state index is 12.4. The molecule has 142 valence electrons. The number of carbonyl (C=O) groups excluding carboxylic acids is 2. The molecule has 1 heterocycles. The standard InChI is InChI=1S/C19H18ClNO5S/c20-15-5-1-13(2-6-15)19(23)14-3-7-17(8-4-14)26-11-18(22)21-16-9-10-27(24,25)12-16/h1-8,16H,9-12H2,(H,21,22)/t16-/m1/s1. The van der Waals surface area contributed by atoms with E-state index in [4.69, 9.17) is 16.3 Å². The second-order valence-corrected chi connectivity index (χ2v) is 8.98. The number of rotatable bonds is 6. The molecule has 0 spiro atoms. The molecule has 3 rings (SSSR count). The number of sulfone groups is 1. The van der Waals surface area contributed by atoms with Gasteiger partial charge in [0.1, 0.15) is 5.75 Å². The number of carbonyl (C=O) groups is 2. The minimum absolute atomic E-state index is 0.0275. The number of ether oxygens (including phenoxy) is 1. The fourth-order valence-electron chi connectivity index (χ4n) is 2.80. The summed E-state index contributed by atoms with van der Waals surface area (Å²) in [5, 5.41) is 3.21. The highest BCUT2D eigenvalue weighted by Crippen LogP contribution is 2.17. The van der Waals surface area contributed by atoms with Gasteiger partial charge in [0.15, 0.2) is 22.2 Å². The molecule has 0 bridgehead atoms. The molecule has 27 heavy (non-hydrogen) atoms. The van der Waals surface area contributed by atoms with Crippen LogP contribution < -0.4 is 10.1 Å². The maximum absolute atomic E-state index is 12.4. The number of ketones is 1. The molecular formula is C19H18ClNO5S. The van der Waals surface area contributed by atoms with Crippen molar-refractivity contribution < 1.29 is 22.7 Å². The van der Waals surface area contributed by atoms with Gasteiger partial charge in [-0.15, -0.1) is 0 Å².